The molecule has 0 spiro atoms. The molecule has 1 aromatic heterocycles. The quantitative estimate of drug-likeness (QED) is 0.828. The predicted octanol–water partition coefficient (Wildman–Crippen LogP) is 2.01. The van der Waals surface area contributed by atoms with Gasteiger partial charge in [0.2, 0.25) is 0 Å². The highest BCUT2D eigenvalue weighted by molar-refractivity contribution is 5.92. The summed E-state index contributed by atoms with van der Waals surface area (Å²) in [5, 5.41) is 4.39. The Morgan fingerprint density at radius 3 is 3.00 bits per heavy atom. The number of hydrogen-bond donors (Lipinski definition) is 0. The third kappa shape index (κ3) is 3.60. The van der Waals surface area contributed by atoms with Crippen molar-refractivity contribution in [1.29, 1.82) is 0 Å². The Labute approximate surface area is 120 Å². The molecule has 0 aromatic carbocycles. The minimum absolute atomic E-state index is 0.0246. The third-order valence-electron chi connectivity index (χ3n) is 3.75. The Balaban J connectivity index is 1.98. The lowest BCUT2D eigenvalue weighted by Crippen LogP contribution is -2.37. The number of aromatic nitrogens is 2. The average molecular weight is 279 g/mol. The summed E-state index contributed by atoms with van der Waals surface area (Å²) in [7, 11) is 3.67. The van der Waals surface area contributed by atoms with Gasteiger partial charge in [-0.1, -0.05) is 13.3 Å². The van der Waals surface area contributed by atoms with E-state index in [-0.39, 0.29) is 12.0 Å². The van der Waals surface area contributed by atoms with Crippen LogP contribution in [0.15, 0.2) is 6.07 Å². The number of aryl methyl sites for hydroxylation is 2. The zero-order valence-electron chi connectivity index (χ0n) is 12.8. The van der Waals surface area contributed by atoms with E-state index in [2.05, 4.69) is 12.0 Å². The normalized spacial score (nSPS) is 19.1. The summed E-state index contributed by atoms with van der Waals surface area (Å²) >= 11 is 0. The molecule has 0 radical (unpaired) electrons. The van der Waals surface area contributed by atoms with Crippen LogP contribution in [0.1, 0.15) is 48.8 Å². The van der Waals surface area contributed by atoms with Gasteiger partial charge in [-0.05, 0) is 31.7 Å². The van der Waals surface area contributed by atoms with Crippen LogP contribution in [-0.2, 0) is 18.2 Å². The molecule has 2 rings (SSSR count). The second-order valence-electron chi connectivity index (χ2n) is 5.57. The zero-order valence-corrected chi connectivity index (χ0v) is 12.8. The molecule has 1 unspecified atom stereocenters. The van der Waals surface area contributed by atoms with Crippen molar-refractivity contribution in [1.82, 2.24) is 14.7 Å². The van der Waals surface area contributed by atoms with E-state index in [0.29, 0.717) is 12.2 Å². The fourth-order valence-corrected chi connectivity index (χ4v) is 2.64. The van der Waals surface area contributed by atoms with Crippen molar-refractivity contribution in [2.24, 2.45) is 7.05 Å². The van der Waals surface area contributed by atoms with Crippen LogP contribution in [0.2, 0.25) is 0 Å². The molecule has 1 aromatic rings. The highest BCUT2D eigenvalue weighted by Gasteiger charge is 2.22. The van der Waals surface area contributed by atoms with Crippen LogP contribution in [0, 0.1) is 0 Å². The van der Waals surface area contributed by atoms with Crippen molar-refractivity contribution in [2.45, 2.75) is 45.1 Å². The van der Waals surface area contributed by atoms with E-state index in [9.17, 15) is 4.79 Å². The Kier molecular flexibility index (Phi) is 5.17. The molecule has 1 atom stereocenters. The second-order valence-corrected chi connectivity index (χ2v) is 5.57. The second kappa shape index (κ2) is 6.88. The fraction of sp³-hybridized carbons (Fsp3) is 0.733. The van der Waals surface area contributed by atoms with Gasteiger partial charge in [-0.2, -0.15) is 5.10 Å². The lowest BCUT2D eigenvalue weighted by Gasteiger charge is -2.27. The minimum Gasteiger partial charge on any atom is -0.376 e. The fourth-order valence-electron chi connectivity index (χ4n) is 2.64. The maximum atomic E-state index is 12.5. The van der Waals surface area contributed by atoms with E-state index in [4.69, 9.17) is 4.74 Å². The first kappa shape index (κ1) is 15.0. The standard InChI is InChI=1S/C15H25N3O2/c1-4-7-12-10-14(18(3)16-12)15(19)17(2)11-13-8-5-6-9-20-13/h10,13H,4-9,11H2,1-3H3. The SMILES string of the molecule is CCCc1cc(C(=O)N(C)CC2CCCCO2)n(C)n1. The monoisotopic (exact) mass is 279 g/mol. The average Bonchev–Trinajstić information content (AvgIpc) is 2.80. The van der Waals surface area contributed by atoms with Crippen LogP contribution in [0.4, 0.5) is 0 Å². The van der Waals surface area contributed by atoms with Crippen LogP contribution in [0.5, 0.6) is 0 Å². The lowest BCUT2D eigenvalue weighted by molar-refractivity contribution is -0.000379. The van der Waals surface area contributed by atoms with Gasteiger partial charge in [-0.15, -0.1) is 0 Å². The number of carbonyl (C=O) groups excluding carboxylic acids is 1. The molecule has 5 nitrogen and oxygen atoms in total. The number of carbonyl (C=O) groups is 1. The summed E-state index contributed by atoms with van der Waals surface area (Å²) in [6.07, 6.45) is 5.51. The largest absolute Gasteiger partial charge is 0.376 e. The first-order valence-electron chi connectivity index (χ1n) is 7.51. The summed E-state index contributed by atoms with van der Waals surface area (Å²) in [5.41, 5.74) is 1.65. The molecule has 112 valence electrons. The molecule has 1 aliphatic rings. The van der Waals surface area contributed by atoms with Gasteiger partial charge in [-0.3, -0.25) is 9.48 Å². The molecule has 20 heavy (non-hydrogen) atoms. The highest BCUT2D eigenvalue weighted by Crippen LogP contribution is 2.15. The van der Waals surface area contributed by atoms with Crippen molar-refractivity contribution in [3.05, 3.63) is 17.5 Å². The molecule has 0 N–H and O–H groups in total. The predicted molar refractivity (Wildman–Crippen MR) is 77.8 cm³/mol. The third-order valence-corrected chi connectivity index (χ3v) is 3.75. The summed E-state index contributed by atoms with van der Waals surface area (Å²) in [6, 6.07) is 1.91. The molecule has 0 aliphatic carbocycles. The number of amides is 1. The molecule has 1 saturated heterocycles. The Bertz CT molecular complexity index is 450. The summed E-state index contributed by atoms with van der Waals surface area (Å²) in [6.45, 7) is 3.59. The van der Waals surface area contributed by atoms with E-state index >= 15 is 0 Å². The summed E-state index contributed by atoms with van der Waals surface area (Å²) in [4.78, 5) is 14.2. The molecule has 1 aliphatic heterocycles. The number of hydrogen-bond acceptors (Lipinski definition) is 3. The minimum atomic E-state index is 0.0246. The molecule has 0 saturated carbocycles. The van der Waals surface area contributed by atoms with Crippen LogP contribution in [0.25, 0.3) is 0 Å². The number of rotatable bonds is 5. The lowest BCUT2D eigenvalue weighted by atomic mass is 10.1. The van der Waals surface area contributed by atoms with Gasteiger partial charge < -0.3 is 9.64 Å². The molecule has 2 heterocycles. The number of likely N-dealkylation sites (N-methyl/N-ethyl adjacent to an activating group) is 1. The first-order valence-corrected chi connectivity index (χ1v) is 7.51. The molecule has 1 fully saturated rings. The van der Waals surface area contributed by atoms with Crippen molar-refractivity contribution in [3.63, 3.8) is 0 Å². The van der Waals surface area contributed by atoms with Gasteiger partial charge in [0.05, 0.1) is 11.8 Å². The van der Waals surface area contributed by atoms with Crippen molar-refractivity contribution in [2.75, 3.05) is 20.2 Å². The van der Waals surface area contributed by atoms with E-state index in [1.165, 1.54) is 6.42 Å². The van der Waals surface area contributed by atoms with Gasteiger partial charge >= 0.3 is 0 Å². The number of nitrogens with zero attached hydrogens (tertiary/aromatic N) is 3. The van der Waals surface area contributed by atoms with Crippen molar-refractivity contribution in [3.8, 4) is 0 Å². The van der Waals surface area contributed by atoms with E-state index < -0.39 is 0 Å². The van der Waals surface area contributed by atoms with Crippen molar-refractivity contribution >= 4 is 5.91 Å². The summed E-state index contributed by atoms with van der Waals surface area (Å²) in [5.74, 6) is 0.0246. The molecular formula is C15H25N3O2. The maximum Gasteiger partial charge on any atom is 0.271 e. The van der Waals surface area contributed by atoms with Crippen LogP contribution < -0.4 is 0 Å². The zero-order chi connectivity index (χ0) is 14.5. The van der Waals surface area contributed by atoms with Gasteiger partial charge in [0.25, 0.3) is 5.91 Å². The van der Waals surface area contributed by atoms with Gasteiger partial charge in [0.15, 0.2) is 0 Å². The van der Waals surface area contributed by atoms with Crippen molar-refractivity contribution < 1.29 is 9.53 Å². The molecular weight excluding hydrogens is 254 g/mol. The highest BCUT2D eigenvalue weighted by atomic mass is 16.5. The topological polar surface area (TPSA) is 47.4 Å². The molecule has 0 bridgehead atoms. The van der Waals surface area contributed by atoms with Gasteiger partial charge in [0, 0.05) is 27.2 Å². The van der Waals surface area contributed by atoms with Gasteiger partial charge in [-0.25, -0.2) is 0 Å². The van der Waals surface area contributed by atoms with Crippen LogP contribution >= 0.6 is 0 Å². The molecule has 5 heteroatoms. The van der Waals surface area contributed by atoms with E-state index in [0.717, 1.165) is 38.0 Å². The maximum absolute atomic E-state index is 12.5. The van der Waals surface area contributed by atoms with Gasteiger partial charge in [0.1, 0.15) is 5.69 Å². The smallest absolute Gasteiger partial charge is 0.271 e. The Hall–Kier alpha value is -1.36. The molecule has 1 amide bonds. The van der Waals surface area contributed by atoms with E-state index in [1.54, 1.807) is 9.58 Å². The van der Waals surface area contributed by atoms with Crippen LogP contribution in [0.3, 0.4) is 0 Å². The first-order chi connectivity index (χ1) is 9.61. The van der Waals surface area contributed by atoms with Crippen LogP contribution in [-0.4, -0.2) is 46.9 Å². The Morgan fingerprint density at radius 1 is 1.55 bits per heavy atom. The number of ether oxygens (including phenoxy) is 1. The summed E-state index contributed by atoms with van der Waals surface area (Å²) < 4.78 is 7.38. The van der Waals surface area contributed by atoms with E-state index in [1.807, 2.05) is 20.2 Å². The Morgan fingerprint density at radius 2 is 2.35 bits per heavy atom.